The Morgan fingerprint density at radius 3 is 2.11 bits per heavy atom. The second-order valence-electron chi connectivity index (χ2n) is 6.57. The molecule has 1 saturated heterocycles. The summed E-state index contributed by atoms with van der Waals surface area (Å²) in [5.41, 5.74) is 1.14. The number of nitrogens with zero attached hydrogens (tertiary/aromatic N) is 2. The summed E-state index contributed by atoms with van der Waals surface area (Å²) in [4.78, 5) is 2.53. The Bertz CT molecular complexity index is 845. The van der Waals surface area contributed by atoms with Gasteiger partial charge >= 0.3 is 0 Å². The number of aliphatic hydroxyl groups is 1. The van der Waals surface area contributed by atoms with Crippen LogP contribution in [-0.2, 0) is 16.6 Å². The van der Waals surface area contributed by atoms with Gasteiger partial charge in [0.1, 0.15) is 18.1 Å². The van der Waals surface area contributed by atoms with Gasteiger partial charge in [-0.2, -0.15) is 4.31 Å². The Morgan fingerprint density at radius 2 is 1.54 bits per heavy atom. The highest BCUT2D eigenvalue weighted by molar-refractivity contribution is 7.89. The predicted octanol–water partition coefficient (Wildman–Crippen LogP) is 1.57. The molecule has 0 spiro atoms. The first-order valence-corrected chi connectivity index (χ1v) is 10.7. The molecule has 152 valence electrons. The maximum atomic E-state index is 12.8. The van der Waals surface area contributed by atoms with Gasteiger partial charge in [-0.05, 0) is 42.0 Å². The third-order valence-corrected chi connectivity index (χ3v) is 6.63. The highest BCUT2D eigenvalue weighted by Gasteiger charge is 2.28. The van der Waals surface area contributed by atoms with E-state index in [-0.39, 0.29) is 13.2 Å². The van der Waals surface area contributed by atoms with Crippen molar-refractivity contribution >= 4 is 10.0 Å². The van der Waals surface area contributed by atoms with Crippen molar-refractivity contribution in [3.63, 3.8) is 0 Å². The summed E-state index contributed by atoms with van der Waals surface area (Å²) < 4.78 is 37.6. The molecule has 0 amide bonds. The number of ether oxygens (including phenoxy) is 2. The van der Waals surface area contributed by atoms with E-state index in [1.807, 2.05) is 24.3 Å². The van der Waals surface area contributed by atoms with Crippen molar-refractivity contribution in [1.29, 1.82) is 0 Å². The zero-order valence-electron chi connectivity index (χ0n) is 16.0. The normalized spacial score (nSPS) is 16.1. The second-order valence-corrected chi connectivity index (χ2v) is 8.51. The molecule has 0 saturated carbocycles. The summed E-state index contributed by atoms with van der Waals surface area (Å²) in [5, 5.41) is 8.79. The van der Waals surface area contributed by atoms with Crippen LogP contribution in [0.1, 0.15) is 5.56 Å². The summed E-state index contributed by atoms with van der Waals surface area (Å²) >= 11 is 0. The van der Waals surface area contributed by atoms with Gasteiger partial charge in [-0.25, -0.2) is 8.42 Å². The molecule has 0 unspecified atom stereocenters. The molecule has 1 aliphatic rings. The number of hydrogen-bond acceptors (Lipinski definition) is 6. The van der Waals surface area contributed by atoms with Crippen LogP contribution >= 0.6 is 0 Å². The van der Waals surface area contributed by atoms with Crippen molar-refractivity contribution in [1.82, 2.24) is 9.21 Å². The van der Waals surface area contributed by atoms with Crippen LogP contribution in [0.25, 0.3) is 0 Å². The van der Waals surface area contributed by atoms with Gasteiger partial charge < -0.3 is 14.6 Å². The van der Waals surface area contributed by atoms with Gasteiger partial charge in [-0.1, -0.05) is 12.1 Å². The number of aliphatic hydroxyl groups excluding tert-OH is 1. The Kier molecular flexibility index (Phi) is 6.90. The van der Waals surface area contributed by atoms with Gasteiger partial charge in [0.2, 0.25) is 10.0 Å². The highest BCUT2D eigenvalue weighted by Crippen LogP contribution is 2.21. The Balaban J connectivity index is 1.54. The van der Waals surface area contributed by atoms with Gasteiger partial charge in [0.25, 0.3) is 0 Å². The zero-order valence-corrected chi connectivity index (χ0v) is 16.8. The molecule has 2 aromatic rings. The first kappa shape index (κ1) is 20.6. The van der Waals surface area contributed by atoms with Gasteiger partial charge in [-0.3, -0.25) is 4.90 Å². The van der Waals surface area contributed by atoms with E-state index in [1.165, 1.54) is 4.31 Å². The molecule has 8 heteroatoms. The molecule has 1 fully saturated rings. The SMILES string of the molecule is COc1ccc(S(=O)(=O)N2CCN(Cc3ccc(OCCO)cc3)CC2)cc1. The predicted molar refractivity (Wildman–Crippen MR) is 106 cm³/mol. The highest BCUT2D eigenvalue weighted by atomic mass is 32.2. The molecule has 3 rings (SSSR count). The lowest BCUT2D eigenvalue weighted by Gasteiger charge is -2.34. The lowest BCUT2D eigenvalue weighted by Crippen LogP contribution is -2.48. The number of methoxy groups -OCH3 is 1. The Hall–Kier alpha value is -2.13. The molecule has 28 heavy (non-hydrogen) atoms. The molecule has 0 atom stereocenters. The first-order valence-electron chi connectivity index (χ1n) is 9.22. The van der Waals surface area contributed by atoms with E-state index < -0.39 is 10.0 Å². The van der Waals surface area contributed by atoms with E-state index in [9.17, 15) is 8.42 Å². The molecule has 2 aromatic carbocycles. The van der Waals surface area contributed by atoms with Crippen molar-refractivity contribution in [2.75, 3.05) is 46.5 Å². The minimum Gasteiger partial charge on any atom is -0.497 e. The van der Waals surface area contributed by atoms with Crippen molar-refractivity contribution < 1.29 is 23.0 Å². The van der Waals surface area contributed by atoms with Gasteiger partial charge in [0.15, 0.2) is 0 Å². The Labute approximate surface area is 166 Å². The van der Waals surface area contributed by atoms with Gasteiger partial charge in [-0.15, -0.1) is 0 Å². The molecule has 1 heterocycles. The van der Waals surface area contributed by atoms with Crippen molar-refractivity contribution in [3.05, 3.63) is 54.1 Å². The number of hydrogen-bond donors (Lipinski definition) is 1. The smallest absolute Gasteiger partial charge is 0.243 e. The maximum Gasteiger partial charge on any atom is 0.243 e. The zero-order chi connectivity index (χ0) is 20.0. The lowest BCUT2D eigenvalue weighted by molar-refractivity contribution is 0.181. The fourth-order valence-corrected chi connectivity index (χ4v) is 4.56. The van der Waals surface area contributed by atoms with Crippen LogP contribution < -0.4 is 9.47 Å². The van der Waals surface area contributed by atoms with E-state index in [2.05, 4.69) is 4.90 Å². The van der Waals surface area contributed by atoms with Crippen molar-refractivity contribution in [2.24, 2.45) is 0 Å². The standard InChI is InChI=1S/C20H26N2O5S/c1-26-18-6-8-20(9-7-18)28(24,25)22-12-10-21(11-13-22)16-17-2-4-19(5-3-17)27-15-14-23/h2-9,23H,10-16H2,1H3. The quantitative estimate of drug-likeness (QED) is 0.717. The molecule has 7 nitrogen and oxygen atoms in total. The molecule has 0 bridgehead atoms. The van der Waals surface area contributed by atoms with Crippen LogP contribution in [-0.4, -0.2) is 69.2 Å². The van der Waals surface area contributed by atoms with Crippen LogP contribution in [0.2, 0.25) is 0 Å². The molecule has 0 radical (unpaired) electrons. The van der Waals surface area contributed by atoms with Gasteiger partial charge in [0.05, 0.1) is 18.6 Å². The molecule has 1 N–H and O–H groups in total. The average molecular weight is 407 g/mol. The number of piperazine rings is 1. The summed E-state index contributed by atoms with van der Waals surface area (Å²) in [5.74, 6) is 1.37. The first-order chi connectivity index (χ1) is 13.5. The van der Waals surface area contributed by atoms with Crippen LogP contribution in [0.15, 0.2) is 53.4 Å². The molecule has 0 aliphatic carbocycles. The van der Waals surface area contributed by atoms with Crippen molar-refractivity contribution in [2.45, 2.75) is 11.4 Å². The third-order valence-electron chi connectivity index (χ3n) is 4.72. The largest absolute Gasteiger partial charge is 0.497 e. The molecule has 0 aromatic heterocycles. The van der Waals surface area contributed by atoms with E-state index in [0.29, 0.717) is 36.8 Å². The van der Waals surface area contributed by atoms with E-state index in [0.717, 1.165) is 17.9 Å². The topological polar surface area (TPSA) is 79.3 Å². The van der Waals surface area contributed by atoms with Crippen molar-refractivity contribution in [3.8, 4) is 11.5 Å². The minimum atomic E-state index is -3.48. The monoisotopic (exact) mass is 406 g/mol. The number of benzene rings is 2. The lowest BCUT2D eigenvalue weighted by atomic mass is 10.2. The van der Waals surface area contributed by atoms with E-state index in [1.54, 1.807) is 31.4 Å². The number of rotatable bonds is 8. The van der Waals surface area contributed by atoms with Crippen LogP contribution in [0.4, 0.5) is 0 Å². The number of sulfonamides is 1. The summed E-state index contributed by atoms with van der Waals surface area (Å²) in [6.45, 7) is 3.32. The van der Waals surface area contributed by atoms with E-state index in [4.69, 9.17) is 14.6 Å². The van der Waals surface area contributed by atoms with E-state index >= 15 is 0 Å². The fraction of sp³-hybridized carbons (Fsp3) is 0.400. The molecular formula is C20H26N2O5S. The molecular weight excluding hydrogens is 380 g/mol. The average Bonchev–Trinajstić information content (AvgIpc) is 2.73. The van der Waals surface area contributed by atoms with Crippen LogP contribution in [0.5, 0.6) is 11.5 Å². The van der Waals surface area contributed by atoms with Gasteiger partial charge in [0, 0.05) is 32.7 Å². The second kappa shape index (κ2) is 9.38. The fourth-order valence-electron chi connectivity index (χ4n) is 3.14. The molecule has 1 aliphatic heterocycles. The summed E-state index contributed by atoms with van der Waals surface area (Å²) in [6.07, 6.45) is 0. The minimum absolute atomic E-state index is 0.00847. The Morgan fingerprint density at radius 1 is 0.929 bits per heavy atom. The maximum absolute atomic E-state index is 12.8. The van der Waals surface area contributed by atoms with Crippen LogP contribution in [0, 0.1) is 0 Å². The third kappa shape index (κ3) is 5.02. The summed E-state index contributed by atoms with van der Waals surface area (Å²) in [6, 6.07) is 14.3. The summed E-state index contributed by atoms with van der Waals surface area (Å²) in [7, 11) is -1.93. The van der Waals surface area contributed by atoms with Crippen LogP contribution in [0.3, 0.4) is 0 Å².